The van der Waals surface area contributed by atoms with Crippen LogP contribution in [0, 0.1) is 0 Å². The molecule has 1 rings (SSSR count). The van der Waals surface area contributed by atoms with Crippen LogP contribution in [0.2, 0.25) is 0 Å². The van der Waals surface area contributed by atoms with Gasteiger partial charge in [-0.15, -0.1) is 0 Å². The highest BCUT2D eigenvalue weighted by Gasteiger charge is 2.18. The third kappa shape index (κ3) is 3.45. The number of nitrogen functional groups attached to an aromatic ring is 1. The number of hydrogen-bond acceptors (Lipinski definition) is 4. The van der Waals surface area contributed by atoms with E-state index in [0.717, 1.165) is 12.2 Å². The number of rotatable bonds is 5. The molecule has 1 heterocycles. The first kappa shape index (κ1) is 13.5. The summed E-state index contributed by atoms with van der Waals surface area (Å²) in [6.07, 6.45) is 0. The van der Waals surface area contributed by atoms with Crippen molar-refractivity contribution in [1.82, 2.24) is 20.4 Å². The number of anilines is 1. The summed E-state index contributed by atoms with van der Waals surface area (Å²) >= 11 is 0. The van der Waals surface area contributed by atoms with Crippen molar-refractivity contribution in [3.8, 4) is 0 Å². The minimum absolute atomic E-state index is 0.228. The van der Waals surface area contributed by atoms with E-state index in [4.69, 9.17) is 5.73 Å². The van der Waals surface area contributed by atoms with Crippen LogP contribution >= 0.6 is 0 Å². The summed E-state index contributed by atoms with van der Waals surface area (Å²) in [5.74, 6) is -0.00155. The first-order valence-corrected chi connectivity index (χ1v) is 5.70. The molecule has 1 amide bonds. The molecule has 17 heavy (non-hydrogen) atoms. The molecule has 1 aromatic rings. The van der Waals surface area contributed by atoms with Crippen molar-refractivity contribution in [2.45, 2.75) is 19.8 Å². The van der Waals surface area contributed by atoms with Gasteiger partial charge in [-0.2, -0.15) is 5.10 Å². The highest BCUT2D eigenvalue weighted by Crippen LogP contribution is 2.21. The molecule has 0 spiro atoms. The summed E-state index contributed by atoms with van der Waals surface area (Å²) in [5, 5.41) is 9.55. The lowest BCUT2D eigenvalue weighted by Crippen LogP contribution is -2.31. The summed E-state index contributed by atoms with van der Waals surface area (Å²) in [6.45, 7) is 5.36. The predicted molar refractivity (Wildman–Crippen MR) is 68.0 cm³/mol. The summed E-state index contributed by atoms with van der Waals surface area (Å²) in [5.41, 5.74) is 7.41. The van der Waals surface area contributed by atoms with Crippen molar-refractivity contribution >= 4 is 11.6 Å². The summed E-state index contributed by atoms with van der Waals surface area (Å²) in [7, 11) is 3.90. The number of nitrogens with one attached hydrogen (secondary N) is 2. The van der Waals surface area contributed by atoms with Gasteiger partial charge in [0.05, 0.1) is 11.4 Å². The fourth-order valence-electron chi connectivity index (χ4n) is 1.45. The Labute approximate surface area is 102 Å². The largest absolute Gasteiger partial charge is 0.395 e. The molecule has 0 bridgehead atoms. The highest BCUT2D eigenvalue weighted by molar-refractivity contribution is 5.97. The van der Waals surface area contributed by atoms with E-state index in [0.29, 0.717) is 12.2 Å². The smallest absolute Gasteiger partial charge is 0.273 e. The van der Waals surface area contributed by atoms with Gasteiger partial charge in [0.25, 0.3) is 5.91 Å². The van der Waals surface area contributed by atoms with E-state index in [9.17, 15) is 4.79 Å². The van der Waals surface area contributed by atoms with E-state index in [-0.39, 0.29) is 17.5 Å². The van der Waals surface area contributed by atoms with Crippen LogP contribution < -0.4 is 11.1 Å². The van der Waals surface area contributed by atoms with Crippen molar-refractivity contribution in [2.24, 2.45) is 0 Å². The second-order valence-corrected chi connectivity index (χ2v) is 4.61. The predicted octanol–water partition coefficient (Wildman–Crippen LogP) is 0.407. The third-order valence-corrected chi connectivity index (χ3v) is 2.47. The Hall–Kier alpha value is -1.56. The summed E-state index contributed by atoms with van der Waals surface area (Å²) in [4.78, 5) is 13.8. The summed E-state index contributed by atoms with van der Waals surface area (Å²) < 4.78 is 0. The van der Waals surface area contributed by atoms with E-state index in [1.807, 2.05) is 32.8 Å². The normalized spacial score (nSPS) is 11.2. The van der Waals surface area contributed by atoms with Gasteiger partial charge >= 0.3 is 0 Å². The molecule has 6 heteroatoms. The first-order valence-electron chi connectivity index (χ1n) is 5.70. The van der Waals surface area contributed by atoms with Gasteiger partial charge in [0.1, 0.15) is 0 Å². The van der Waals surface area contributed by atoms with Crippen molar-refractivity contribution in [3.63, 3.8) is 0 Å². The Bertz CT molecular complexity index is 383. The molecule has 0 aliphatic heterocycles. The van der Waals surface area contributed by atoms with Gasteiger partial charge in [0.2, 0.25) is 0 Å². The second-order valence-electron chi connectivity index (χ2n) is 4.61. The first-order chi connectivity index (χ1) is 7.93. The zero-order valence-corrected chi connectivity index (χ0v) is 10.9. The van der Waals surface area contributed by atoms with E-state index >= 15 is 0 Å². The van der Waals surface area contributed by atoms with Gasteiger partial charge in [0, 0.05) is 13.1 Å². The minimum atomic E-state index is -0.229. The number of H-pyrrole nitrogens is 1. The fraction of sp³-hybridized carbons (Fsp3) is 0.636. The third-order valence-electron chi connectivity index (χ3n) is 2.47. The Balaban J connectivity index is 2.63. The molecule has 0 radical (unpaired) electrons. The standard InChI is InChI=1S/C11H21N5O/c1-7(2)9-8(12)10(15-14-9)11(17)13-5-6-16(3)4/h7H,5-6,12H2,1-4H3,(H,13,17)(H,14,15). The maximum Gasteiger partial charge on any atom is 0.273 e. The molecular formula is C11H21N5O. The molecule has 1 aromatic heterocycles. The van der Waals surface area contributed by atoms with Crippen molar-refractivity contribution in [3.05, 3.63) is 11.4 Å². The minimum Gasteiger partial charge on any atom is -0.395 e. The van der Waals surface area contributed by atoms with E-state index < -0.39 is 0 Å². The van der Waals surface area contributed by atoms with Crippen LogP contribution in [0.25, 0.3) is 0 Å². The van der Waals surface area contributed by atoms with Crippen molar-refractivity contribution in [2.75, 3.05) is 32.9 Å². The van der Waals surface area contributed by atoms with Crippen LogP contribution in [0.3, 0.4) is 0 Å². The quantitative estimate of drug-likeness (QED) is 0.694. The van der Waals surface area contributed by atoms with Gasteiger partial charge in [0.15, 0.2) is 5.69 Å². The number of hydrogen-bond donors (Lipinski definition) is 3. The zero-order chi connectivity index (χ0) is 13.0. The number of carbonyl (C=O) groups excluding carboxylic acids is 1. The molecule has 6 nitrogen and oxygen atoms in total. The molecule has 0 aliphatic rings. The van der Waals surface area contributed by atoms with Crippen LogP contribution in [0.1, 0.15) is 35.9 Å². The average Bonchev–Trinajstić information content (AvgIpc) is 2.59. The number of likely N-dealkylation sites (N-methyl/N-ethyl adjacent to an activating group) is 1. The van der Waals surface area contributed by atoms with E-state index in [2.05, 4.69) is 15.5 Å². The molecule has 0 fully saturated rings. The second kappa shape index (κ2) is 5.67. The Morgan fingerprint density at radius 1 is 1.53 bits per heavy atom. The molecule has 0 aromatic carbocycles. The number of amides is 1. The van der Waals surface area contributed by atoms with Crippen molar-refractivity contribution < 1.29 is 4.79 Å². The fourth-order valence-corrected chi connectivity index (χ4v) is 1.45. The molecule has 0 saturated heterocycles. The number of nitrogens with zero attached hydrogens (tertiary/aromatic N) is 2. The monoisotopic (exact) mass is 239 g/mol. The maximum atomic E-state index is 11.8. The molecular weight excluding hydrogens is 218 g/mol. The van der Waals surface area contributed by atoms with Crippen LogP contribution in [0.5, 0.6) is 0 Å². The highest BCUT2D eigenvalue weighted by atomic mass is 16.1. The lowest BCUT2D eigenvalue weighted by Gasteiger charge is -2.09. The Kier molecular flexibility index (Phi) is 4.51. The van der Waals surface area contributed by atoms with Crippen LogP contribution in [-0.2, 0) is 0 Å². The molecule has 0 atom stereocenters. The van der Waals surface area contributed by atoms with Gasteiger partial charge in [-0.1, -0.05) is 13.8 Å². The molecule has 96 valence electrons. The van der Waals surface area contributed by atoms with Crippen LogP contribution in [0.15, 0.2) is 0 Å². The Morgan fingerprint density at radius 2 is 2.18 bits per heavy atom. The zero-order valence-electron chi connectivity index (χ0n) is 10.9. The number of aromatic nitrogens is 2. The molecule has 0 saturated carbocycles. The van der Waals surface area contributed by atoms with Gasteiger partial charge < -0.3 is 16.0 Å². The van der Waals surface area contributed by atoms with E-state index in [1.54, 1.807) is 0 Å². The lowest BCUT2D eigenvalue weighted by atomic mass is 10.1. The molecule has 0 unspecified atom stereocenters. The number of aromatic amines is 1. The van der Waals surface area contributed by atoms with Gasteiger partial charge in [-0.3, -0.25) is 9.89 Å². The molecule has 4 N–H and O–H groups in total. The SMILES string of the molecule is CC(C)c1[nH]nc(C(=O)NCCN(C)C)c1N. The summed E-state index contributed by atoms with van der Waals surface area (Å²) in [6, 6.07) is 0. The Morgan fingerprint density at radius 3 is 2.65 bits per heavy atom. The number of nitrogens with two attached hydrogens (primary N) is 1. The van der Waals surface area contributed by atoms with Gasteiger partial charge in [-0.05, 0) is 20.0 Å². The topological polar surface area (TPSA) is 87.0 Å². The maximum absolute atomic E-state index is 11.8. The average molecular weight is 239 g/mol. The molecule has 0 aliphatic carbocycles. The number of carbonyl (C=O) groups is 1. The lowest BCUT2D eigenvalue weighted by molar-refractivity contribution is 0.0947. The van der Waals surface area contributed by atoms with Crippen molar-refractivity contribution in [1.29, 1.82) is 0 Å². The van der Waals surface area contributed by atoms with Gasteiger partial charge in [-0.25, -0.2) is 0 Å². The van der Waals surface area contributed by atoms with Crippen LogP contribution in [-0.4, -0.2) is 48.2 Å². The van der Waals surface area contributed by atoms with E-state index in [1.165, 1.54) is 0 Å². The van der Waals surface area contributed by atoms with Crippen LogP contribution in [0.4, 0.5) is 5.69 Å².